The zero-order chi connectivity index (χ0) is 15.7. The topological polar surface area (TPSA) is 60.2 Å². The molecular formula is C16H22N4O2. The third-order valence-electron chi connectivity index (χ3n) is 3.89. The molecule has 3 heterocycles. The number of amides is 1. The molecule has 118 valence electrons. The van der Waals surface area contributed by atoms with Gasteiger partial charge < -0.3 is 14.2 Å². The van der Waals surface area contributed by atoms with E-state index in [9.17, 15) is 4.79 Å². The highest BCUT2D eigenvalue weighted by Crippen LogP contribution is 2.17. The van der Waals surface area contributed by atoms with Crippen LogP contribution in [0.1, 0.15) is 31.1 Å². The fraction of sp³-hybridized carbons (Fsp3) is 0.562. The molecule has 1 fully saturated rings. The number of hydrogen-bond donors (Lipinski definition) is 0. The molecule has 0 aliphatic carbocycles. The number of pyridine rings is 1. The Morgan fingerprint density at radius 3 is 3.00 bits per heavy atom. The van der Waals surface area contributed by atoms with Crippen LogP contribution in [-0.2, 0) is 11.3 Å². The first kappa shape index (κ1) is 15.0. The summed E-state index contributed by atoms with van der Waals surface area (Å²) >= 11 is 0. The van der Waals surface area contributed by atoms with E-state index in [4.69, 9.17) is 4.74 Å². The number of ether oxygens (including phenoxy) is 1. The number of morpholine rings is 1. The molecule has 1 aliphatic heterocycles. The number of aromatic nitrogens is 3. The zero-order valence-corrected chi connectivity index (χ0v) is 13.3. The number of fused-ring (bicyclic) bond motifs is 1. The lowest BCUT2D eigenvalue weighted by atomic mass is 10.2. The number of carbonyl (C=O) groups is 1. The van der Waals surface area contributed by atoms with Crippen molar-refractivity contribution in [1.82, 2.24) is 19.4 Å². The Bertz CT molecular complexity index is 680. The van der Waals surface area contributed by atoms with Crippen LogP contribution in [0.4, 0.5) is 0 Å². The fourth-order valence-corrected chi connectivity index (χ4v) is 2.79. The molecule has 1 saturated heterocycles. The van der Waals surface area contributed by atoms with Gasteiger partial charge in [-0.25, -0.2) is 9.97 Å². The van der Waals surface area contributed by atoms with Crippen LogP contribution in [0, 0.1) is 5.92 Å². The minimum absolute atomic E-state index is 0.00334. The van der Waals surface area contributed by atoms with Crippen molar-refractivity contribution in [2.24, 2.45) is 5.92 Å². The normalized spacial score (nSPS) is 19.1. The monoisotopic (exact) mass is 302 g/mol. The molecular weight excluding hydrogens is 280 g/mol. The van der Waals surface area contributed by atoms with Gasteiger partial charge in [-0.3, -0.25) is 4.79 Å². The van der Waals surface area contributed by atoms with Gasteiger partial charge in [0.2, 0.25) is 0 Å². The van der Waals surface area contributed by atoms with Crippen molar-refractivity contribution in [3.63, 3.8) is 0 Å². The van der Waals surface area contributed by atoms with Crippen LogP contribution in [0.3, 0.4) is 0 Å². The summed E-state index contributed by atoms with van der Waals surface area (Å²) < 4.78 is 7.42. The smallest absolute Gasteiger partial charge is 0.255 e. The highest BCUT2D eigenvalue weighted by atomic mass is 16.5. The van der Waals surface area contributed by atoms with Gasteiger partial charge in [0.15, 0.2) is 5.65 Å². The van der Waals surface area contributed by atoms with E-state index >= 15 is 0 Å². The van der Waals surface area contributed by atoms with Crippen LogP contribution >= 0.6 is 0 Å². The molecule has 0 spiro atoms. The largest absolute Gasteiger partial charge is 0.377 e. The van der Waals surface area contributed by atoms with E-state index in [1.54, 1.807) is 12.5 Å². The lowest BCUT2D eigenvalue weighted by molar-refractivity contribution is 0.00358. The molecule has 2 aromatic heterocycles. The van der Waals surface area contributed by atoms with Gasteiger partial charge in [0.25, 0.3) is 5.91 Å². The summed E-state index contributed by atoms with van der Waals surface area (Å²) in [7, 11) is 0. The summed E-state index contributed by atoms with van der Waals surface area (Å²) in [6.45, 7) is 8.99. The Morgan fingerprint density at radius 1 is 1.45 bits per heavy atom. The first-order valence-corrected chi connectivity index (χ1v) is 7.76. The molecule has 1 amide bonds. The van der Waals surface area contributed by atoms with Gasteiger partial charge >= 0.3 is 0 Å². The maximum Gasteiger partial charge on any atom is 0.255 e. The van der Waals surface area contributed by atoms with Crippen molar-refractivity contribution < 1.29 is 9.53 Å². The first-order chi connectivity index (χ1) is 10.6. The molecule has 3 rings (SSSR count). The molecule has 0 N–H and O–H groups in total. The van der Waals surface area contributed by atoms with Gasteiger partial charge in [0.1, 0.15) is 5.52 Å². The standard InChI is InChI=1S/C16H22N4O2/c1-11(2)8-19-10-18-14-6-13(7-17-15(14)19)16(21)20-4-5-22-9-12(20)3/h6-7,10-12H,4-5,8-9H2,1-3H3/t12-/m1/s1. The van der Waals surface area contributed by atoms with Crippen molar-refractivity contribution in [3.05, 3.63) is 24.2 Å². The quantitative estimate of drug-likeness (QED) is 0.869. The third-order valence-corrected chi connectivity index (χ3v) is 3.89. The summed E-state index contributed by atoms with van der Waals surface area (Å²) in [5.41, 5.74) is 2.20. The van der Waals surface area contributed by atoms with Crippen LogP contribution < -0.4 is 0 Å². The van der Waals surface area contributed by atoms with Crippen molar-refractivity contribution in [2.45, 2.75) is 33.4 Å². The highest BCUT2D eigenvalue weighted by molar-refractivity contribution is 5.96. The van der Waals surface area contributed by atoms with Crippen molar-refractivity contribution in [1.29, 1.82) is 0 Å². The van der Waals surface area contributed by atoms with Crippen LogP contribution in [0.2, 0.25) is 0 Å². The molecule has 6 nitrogen and oxygen atoms in total. The van der Waals surface area contributed by atoms with Crippen LogP contribution in [-0.4, -0.2) is 51.1 Å². The molecule has 0 radical (unpaired) electrons. The molecule has 6 heteroatoms. The number of imidazole rings is 1. The lowest BCUT2D eigenvalue weighted by Gasteiger charge is -2.33. The lowest BCUT2D eigenvalue weighted by Crippen LogP contribution is -2.47. The molecule has 2 aromatic rings. The molecule has 0 aromatic carbocycles. The highest BCUT2D eigenvalue weighted by Gasteiger charge is 2.25. The number of nitrogens with zero attached hydrogens (tertiary/aromatic N) is 4. The average Bonchev–Trinajstić information content (AvgIpc) is 2.89. The van der Waals surface area contributed by atoms with Crippen LogP contribution in [0.15, 0.2) is 18.6 Å². The average molecular weight is 302 g/mol. The van der Waals surface area contributed by atoms with E-state index in [-0.39, 0.29) is 11.9 Å². The summed E-state index contributed by atoms with van der Waals surface area (Å²) in [4.78, 5) is 23.3. The Labute approximate surface area is 130 Å². The fourth-order valence-electron chi connectivity index (χ4n) is 2.79. The van der Waals surface area contributed by atoms with Gasteiger partial charge in [-0.15, -0.1) is 0 Å². The zero-order valence-electron chi connectivity index (χ0n) is 13.3. The molecule has 0 unspecified atom stereocenters. The summed E-state index contributed by atoms with van der Waals surface area (Å²) in [5, 5.41) is 0. The summed E-state index contributed by atoms with van der Waals surface area (Å²) in [6.07, 6.45) is 3.45. The predicted octanol–water partition coefficient (Wildman–Crippen LogP) is 1.95. The van der Waals surface area contributed by atoms with Gasteiger partial charge in [-0.05, 0) is 18.9 Å². The second kappa shape index (κ2) is 6.04. The van der Waals surface area contributed by atoms with Crippen LogP contribution in [0.25, 0.3) is 11.2 Å². The van der Waals surface area contributed by atoms with E-state index in [0.717, 1.165) is 17.7 Å². The maximum atomic E-state index is 12.6. The Balaban J connectivity index is 1.87. The molecule has 0 bridgehead atoms. The SMILES string of the molecule is CC(C)Cn1cnc2cc(C(=O)N3CCOC[C@H]3C)cnc21. The van der Waals surface area contributed by atoms with E-state index in [1.165, 1.54) is 0 Å². The van der Waals surface area contributed by atoms with Crippen molar-refractivity contribution in [3.8, 4) is 0 Å². The number of carbonyl (C=O) groups excluding carboxylic acids is 1. The van der Waals surface area contributed by atoms with Gasteiger partial charge in [-0.1, -0.05) is 13.8 Å². The van der Waals surface area contributed by atoms with Gasteiger partial charge in [0.05, 0.1) is 31.1 Å². The Morgan fingerprint density at radius 2 is 2.27 bits per heavy atom. The second-order valence-electron chi connectivity index (χ2n) is 6.28. The molecule has 22 heavy (non-hydrogen) atoms. The molecule has 1 atom stereocenters. The van der Waals surface area contributed by atoms with Crippen molar-refractivity contribution >= 4 is 17.1 Å². The first-order valence-electron chi connectivity index (χ1n) is 7.76. The number of hydrogen-bond acceptors (Lipinski definition) is 4. The number of rotatable bonds is 3. The minimum atomic E-state index is 0.00334. The maximum absolute atomic E-state index is 12.6. The predicted molar refractivity (Wildman–Crippen MR) is 83.7 cm³/mol. The second-order valence-corrected chi connectivity index (χ2v) is 6.28. The molecule has 1 aliphatic rings. The van der Waals surface area contributed by atoms with Gasteiger partial charge in [0, 0.05) is 19.3 Å². The van der Waals surface area contributed by atoms with E-state index < -0.39 is 0 Å². The minimum Gasteiger partial charge on any atom is -0.377 e. The van der Waals surface area contributed by atoms with Gasteiger partial charge in [-0.2, -0.15) is 0 Å². The Hall–Kier alpha value is -1.95. The Kier molecular flexibility index (Phi) is 4.11. The summed E-state index contributed by atoms with van der Waals surface area (Å²) in [6, 6.07) is 1.93. The van der Waals surface area contributed by atoms with E-state index in [0.29, 0.717) is 31.2 Å². The van der Waals surface area contributed by atoms with Crippen molar-refractivity contribution in [2.75, 3.05) is 19.8 Å². The van der Waals surface area contributed by atoms with E-state index in [2.05, 4.69) is 23.8 Å². The third kappa shape index (κ3) is 2.83. The molecule has 0 saturated carbocycles. The van der Waals surface area contributed by atoms with Crippen LogP contribution in [0.5, 0.6) is 0 Å². The summed E-state index contributed by atoms with van der Waals surface area (Å²) in [5.74, 6) is 0.526. The van der Waals surface area contributed by atoms with E-state index in [1.807, 2.05) is 22.5 Å².